The van der Waals surface area contributed by atoms with Crippen molar-refractivity contribution < 1.29 is 13.9 Å². The average Bonchev–Trinajstić information content (AvgIpc) is 2.21. The molecule has 1 atom stereocenters. The SMILES string of the molecule is CCOc1cc(OC[C@@H]2CCN2)cnc1F. The maximum atomic E-state index is 13.1. The minimum Gasteiger partial charge on any atom is -0.490 e. The molecular formula is C11H15FN2O2. The summed E-state index contributed by atoms with van der Waals surface area (Å²) in [7, 11) is 0. The molecule has 2 heterocycles. The summed E-state index contributed by atoms with van der Waals surface area (Å²) in [4.78, 5) is 3.58. The van der Waals surface area contributed by atoms with Gasteiger partial charge in [0.2, 0.25) is 0 Å². The molecule has 4 nitrogen and oxygen atoms in total. The zero-order valence-corrected chi connectivity index (χ0v) is 9.20. The van der Waals surface area contributed by atoms with E-state index in [0.717, 1.165) is 13.0 Å². The molecule has 0 saturated carbocycles. The molecule has 88 valence electrons. The van der Waals surface area contributed by atoms with Gasteiger partial charge in [0.05, 0.1) is 12.8 Å². The Hall–Kier alpha value is -1.36. The van der Waals surface area contributed by atoms with E-state index in [2.05, 4.69) is 10.3 Å². The van der Waals surface area contributed by atoms with Crippen molar-refractivity contribution >= 4 is 0 Å². The monoisotopic (exact) mass is 226 g/mol. The van der Waals surface area contributed by atoms with Crippen molar-refractivity contribution in [2.24, 2.45) is 0 Å². The third-order valence-electron chi connectivity index (χ3n) is 2.46. The van der Waals surface area contributed by atoms with E-state index in [0.29, 0.717) is 25.0 Å². The summed E-state index contributed by atoms with van der Waals surface area (Å²) in [5.74, 6) is 0.0797. The first-order valence-corrected chi connectivity index (χ1v) is 5.44. The van der Waals surface area contributed by atoms with Crippen LogP contribution in [-0.2, 0) is 0 Å². The molecule has 0 aromatic carbocycles. The molecule has 2 rings (SSSR count). The van der Waals surface area contributed by atoms with Crippen molar-refractivity contribution in [3.63, 3.8) is 0 Å². The van der Waals surface area contributed by atoms with Gasteiger partial charge in [-0.3, -0.25) is 0 Å². The van der Waals surface area contributed by atoms with Gasteiger partial charge in [-0.05, 0) is 19.9 Å². The van der Waals surface area contributed by atoms with Gasteiger partial charge in [-0.1, -0.05) is 0 Å². The molecule has 0 radical (unpaired) electrons. The molecule has 1 aliphatic rings. The molecule has 1 saturated heterocycles. The van der Waals surface area contributed by atoms with Gasteiger partial charge < -0.3 is 14.8 Å². The molecule has 1 fully saturated rings. The summed E-state index contributed by atoms with van der Waals surface area (Å²) >= 11 is 0. The van der Waals surface area contributed by atoms with Crippen LogP contribution >= 0.6 is 0 Å². The lowest BCUT2D eigenvalue weighted by Crippen LogP contribution is -2.46. The summed E-state index contributed by atoms with van der Waals surface area (Å²) in [6.45, 7) is 3.83. The third-order valence-corrected chi connectivity index (χ3v) is 2.46. The van der Waals surface area contributed by atoms with E-state index in [9.17, 15) is 4.39 Å². The van der Waals surface area contributed by atoms with Gasteiger partial charge in [0.15, 0.2) is 5.75 Å². The predicted octanol–water partition coefficient (Wildman–Crippen LogP) is 1.36. The lowest BCUT2D eigenvalue weighted by Gasteiger charge is -2.27. The second-order valence-corrected chi connectivity index (χ2v) is 3.64. The minimum absolute atomic E-state index is 0.140. The predicted molar refractivity (Wildman–Crippen MR) is 57.3 cm³/mol. The Balaban J connectivity index is 1.94. The Morgan fingerprint density at radius 2 is 2.38 bits per heavy atom. The minimum atomic E-state index is -0.601. The normalized spacial score (nSPS) is 19.0. The van der Waals surface area contributed by atoms with Gasteiger partial charge >= 0.3 is 0 Å². The van der Waals surface area contributed by atoms with Crippen molar-refractivity contribution in [2.75, 3.05) is 19.8 Å². The Bertz CT molecular complexity index is 356. The topological polar surface area (TPSA) is 43.4 Å². The van der Waals surface area contributed by atoms with Crippen LogP contribution in [0.3, 0.4) is 0 Å². The van der Waals surface area contributed by atoms with E-state index < -0.39 is 5.95 Å². The fraction of sp³-hybridized carbons (Fsp3) is 0.545. The van der Waals surface area contributed by atoms with Gasteiger partial charge in [-0.2, -0.15) is 4.39 Å². The third kappa shape index (κ3) is 2.61. The van der Waals surface area contributed by atoms with Crippen LogP contribution in [0.5, 0.6) is 11.5 Å². The van der Waals surface area contributed by atoms with Crippen LogP contribution in [0.2, 0.25) is 0 Å². The molecule has 1 aliphatic heterocycles. The van der Waals surface area contributed by atoms with Crippen molar-refractivity contribution in [1.82, 2.24) is 10.3 Å². The Morgan fingerprint density at radius 3 is 3.00 bits per heavy atom. The molecular weight excluding hydrogens is 211 g/mol. The van der Waals surface area contributed by atoms with Crippen molar-refractivity contribution in [2.45, 2.75) is 19.4 Å². The zero-order valence-electron chi connectivity index (χ0n) is 9.20. The van der Waals surface area contributed by atoms with Crippen LogP contribution in [0.4, 0.5) is 4.39 Å². The van der Waals surface area contributed by atoms with Gasteiger partial charge in [0, 0.05) is 12.1 Å². The number of nitrogens with one attached hydrogen (secondary N) is 1. The highest BCUT2D eigenvalue weighted by Gasteiger charge is 2.17. The van der Waals surface area contributed by atoms with E-state index in [1.807, 2.05) is 0 Å². The number of hydrogen-bond donors (Lipinski definition) is 1. The molecule has 1 N–H and O–H groups in total. The van der Waals surface area contributed by atoms with Crippen LogP contribution in [0.1, 0.15) is 13.3 Å². The number of ether oxygens (including phenoxy) is 2. The smallest absolute Gasteiger partial charge is 0.255 e. The molecule has 0 spiro atoms. The second-order valence-electron chi connectivity index (χ2n) is 3.64. The first-order chi connectivity index (χ1) is 7.79. The highest BCUT2D eigenvalue weighted by Crippen LogP contribution is 2.21. The van der Waals surface area contributed by atoms with Crippen molar-refractivity contribution in [3.05, 3.63) is 18.2 Å². The summed E-state index contributed by atoms with van der Waals surface area (Å²) in [5.41, 5.74) is 0. The van der Waals surface area contributed by atoms with E-state index in [1.54, 1.807) is 6.92 Å². The Morgan fingerprint density at radius 1 is 1.56 bits per heavy atom. The highest BCUT2D eigenvalue weighted by atomic mass is 19.1. The molecule has 5 heteroatoms. The van der Waals surface area contributed by atoms with Gasteiger partial charge in [0.1, 0.15) is 12.4 Å². The molecule has 1 aromatic heterocycles. The lowest BCUT2D eigenvalue weighted by molar-refractivity contribution is 0.215. The molecule has 16 heavy (non-hydrogen) atoms. The standard InChI is InChI=1S/C11H15FN2O2/c1-2-15-10-5-9(6-14-11(10)12)16-7-8-3-4-13-8/h5-6,8,13H,2-4,7H2,1H3/t8-/m0/s1. The lowest BCUT2D eigenvalue weighted by atomic mass is 10.1. The van der Waals surface area contributed by atoms with Crippen LogP contribution in [0.15, 0.2) is 12.3 Å². The second kappa shape index (κ2) is 5.12. The van der Waals surface area contributed by atoms with E-state index in [-0.39, 0.29) is 5.75 Å². The van der Waals surface area contributed by atoms with E-state index >= 15 is 0 Å². The fourth-order valence-corrected chi connectivity index (χ4v) is 1.43. The molecule has 0 aliphatic carbocycles. The maximum absolute atomic E-state index is 13.1. The summed E-state index contributed by atoms with van der Waals surface area (Å²) < 4.78 is 23.7. The van der Waals surface area contributed by atoms with Gasteiger partial charge in [-0.15, -0.1) is 0 Å². The Labute approximate surface area is 93.8 Å². The van der Waals surface area contributed by atoms with E-state index in [4.69, 9.17) is 9.47 Å². The largest absolute Gasteiger partial charge is 0.490 e. The number of rotatable bonds is 5. The maximum Gasteiger partial charge on any atom is 0.255 e. The van der Waals surface area contributed by atoms with Gasteiger partial charge in [0.25, 0.3) is 5.95 Å². The first-order valence-electron chi connectivity index (χ1n) is 5.44. The van der Waals surface area contributed by atoms with Gasteiger partial charge in [-0.25, -0.2) is 4.98 Å². The molecule has 0 amide bonds. The zero-order chi connectivity index (χ0) is 11.4. The molecule has 0 bridgehead atoms. The number of hydrogen-bond acceptors (Lipinski definition) is 4. The first kappa shape index (κ1) is 11.1. The molecule has 1 aromatic rings. The summed E-state index contributed by atoms with van der Waals surface area (Å²) in [6, 6.07) is 1.94. The van der Waals surface area contributed by atoms with Crippen LogP contribution < -0.4 is 14.8 Å². The number of nitrogens with zero attached hydrogens (tertiary/aromatic N) is 1. The molecule has 0 unspecified atom stereocenters. The average molecular weight is 226 g/mol. The quantitative estimate of drug-likeness (QED) is 0.770. The van der Waals surface area contributed by atoms with Crippen LogP contribution in [-0.4, -0.2) is 30.8 Å². The fourth-order valence-electron chi connectivity index (χ4n) is 1.43. The highest BCUT2D eigenvalue weighted by molar-refractivity contribution is 5.29. The number of pyridine rings is 1. The Kier molecular flexibility index (Phi) is 3.56. The van der Waals surface area contributed by atoms with Crippen LogP contribution in [0, 0.1) is 5.95 Å². The van der Waals surface area contributed by atoms with Crippen LogP contribution in [0.25, 0.3) is 0 Å². The summed E-state index contributed by atoms with van der Waals surface area (Å²) in [6.07, 6.45) is 2.49. The van der Waals surface area contributed by atoms with Crippen molar-refractivity contribution in [3.8, 4) is 11.5 Å². The van der Waals surface area contributed by atoms with Crippen molar-refractivity contribution in [1.29, 1.82) is 0 Å². The summed E-state index contributed by atoms with van der Waals surface area (Å²) in [5, 5.41) is 3.22. The number of halogens is 1. The number of aromatic nitrogens is 1. The van der Waals surface area contributed by atoms with E-state index in [1.165, 1.54) is 12.3 Å².